The normalized spacial score (nSPS) is 6.25. The highest BCUT2D eigenvalue weighted by molar-refractivity contribution is 5.81. The second-order valence-corrected chi connectivity index (χ2v) is 4.53. The lowest BCUT2D eigenvalue weighted by Crippen LogP contribution is -1.67. The average Bonchev–Trinajstić information content (AvgIpc) is 3.15. The zero-order valence-corrected chi connectivity index (χ0v) is 30.4. The molecule has 0 N–H and O–H groups in total. The monoisotopic (exact) mass is 556 g/mol. The Kier molecular flexibility index (Phi) is 119. The van der Waals surface area contributed by atoms with Crippen LogP contribution in [0.15, 0.2) is 116 Å². The minimum atomic E-state index is 1.31. The van der Waals surface area contributed by atoms with Gasteiger partial charge in [-0.1, -0.05) is 216 Å². The van der Waals surface area contributed by atoms with Gasteiger partial charge < -0.3 is 0 Å². The van der Waals surface area contributed by atoms with E-state index in [0.29, 0.717) is 0 Å². The van der Waals surface area contributed by atoms with Gasteiger partial charge in [-0.2, -0.15) is 0 Å². The molecule has 4 rings (SSSR count). The van der Waals surface area contributed by atoms with Crippen molar-refractivity contribution >= 4 is 10.8 Å². The van der Waals surface area contributed by atoms with Crippen molar-refractivity contribution in [3.63, 3.8) is 0 Å². The van der Waals surface area contributed by atoms with Crippen molar-refractivity contribution in [1.29, 1.82) is 0 Å². The number of rotatable bonds is 0. The summed E-state index contributed by atoms with van der Waals surface area (Å²) in [6.45, 7) is 36.0. The molecular weight excluding hydrogens is 482 g/mol. The third-order valence-corrected chi connectivity index (χ3v) is 2.89. The molecule has 1 heterocycles. The van der Waals surface area contributed by atoms with E-state index in [4.69, 9.17) is 0 Å². The third-order valence-electron chi connectivity index (χ3n) is 2.89. The maximum Gasteiger partial charge on any atom is 0.0267 e. The highest BCUT2D eigenvalue weighted by atomic mass is 14.6. The first-order chi connectivity index (χ1) is 20.0. The van der Waals surface area contributed by atoms with Gasteiger partial charge in [0.15, 0.2) is 0 Å². The number of pyridine rings is 1. The van der Waals surface area contributed by atoms with Gasteiger partial charge in [-0.3, -0.25) is 4.98 Å². The summed E-state index contributed by atoms with van der Waals surface area (Å²) in [5.41, 5.74) is 0. The van der Waals surface area contributed by atoms with Gasteiger partial charge in [0.05, 0.1) is 0 Å². The van der Waals surface area contributed by atoms with E-state index in [0.717, 1.165) is 0 Å². The molecule has 234 valence electrons. The summed E-state index contributed by atoms with van der Waals surface area (Å²) in [6.07, 6.45) is 3.50. The van der Waals surface area contributed by atoms with Crippen LogP contribution in [0, 0.1) is 0 Å². The number of fused-ring (bicyclic) bond motifs is 1. The van der Waals surface area contributed by atoms with Crippen LogP contribution in [0.3, 0.4) is 0 Å². The van der Waals surface area contributed by atoms with Gasteiger partial charge >= 0.3 is 0 Å². The van der Waals surface area contributed by atoms with Crippen LogP contribution >= 0.6 is 0 Å². The summed E-state index contributed by atoms with van der Waals surface area (Å²) in [7, 11) is 0. The van der Waals surface area contributed by atoms with E-state index < -0.39 is 0 Å². The first-order valence-corrected chi connectivity index (χ1v) is 16.3. The fourth-order valence-electron chi connectivity index (χ4n) is 1.83. The van der Waals surface area contributed by atoms with Crippen LogP contribution in [0.25, 0.3) is 10.8 Å². The Balaban J connectivity index is -0.0000000510. The van der Waals surface area contributed by atoms with E-state index in [1.54, 1.807) is 12.4 Å². The molecule has 0 bridgehead atoms. The highest BCUT2D eigenvalue weighted by Crippen LogP contribution is 2.11. The lowest BCUT2D eigenvalue weighted by molar-refractivity contribution is 1.33. The first-order valence-electron chi connectivity index (χ1n) is 16.3. The molecule has 0 atom stereocenters. The number of nitrogens with zero attached hydrogens (tertiary/aromatic N) is 1. The van der Waals surface area contributed by atoms with Crippen LogP contribution in [-0.2, 0) is 0 Å². The molecule has 3 aromatic carbocycles. The van der Waals surface area contributed by atoms with E-state index >= 15 is 0 Å². The molecule has 0 fully saturated rings. The predicted molar refractivity (Wildman–Crippen MR) is 197 cm³/mol. The molecule has 40 heavy (non-hydrogen) atoms. The molecule has 1 aromatic heterocycles. The SMILES string of the molecule is CC.CC.CC.CC.CC.CC.CC.CC.CC.c1ccc2ccccc2c1.c1ccccc1.c1ccncc1. The van der Waals surface area contributed by atoms with Crippen molar-refractivity contribution in [3.05, 3.63) is 116 Å². The molecule has 0 saturated carbocycles. The topological polar surface area (TPSA) is 12.9 Å². The molecule has 1 nitrogen and oxygen atoms in total. The Morgan fingerprint density at radius 2 is 0.425 bits per heavy atom. The zero-order chi connectivity index (χ0) is 33.3. The van der Waals surface area contributed by atoms with Gasteiger partial charge in [0.25, 0.3) is 0 Å². The minimum Gasteiger partial charge on any atom is -0.265 e. The van der Waals surface area contributed by atoms with Gasteiger partial charge in [-0.05, 0) is 22.9 Å². The smallest absolute Gasteiger partial charge is 0.0267 e. The highest BCUT2D eigenvalue weighted by Gasteiger charge is 1.85. The number of hydrogen-bond donors (Lipinski definition) is 0. The number of benzene rings is 3. The van der Waals surface area contributed by atoms with Gasteiger partial charge in [-0.15, -0.1) is 0 Å². The predicted octanol–water partition coefficient (Wildman–Crippen LogP) is 14.8. The zero-order valence-electron chi connectivity index (χ0n) is 30.4. The van der Waals surface area contributed by atoms with Crippen molar-refractivity contribution in [2.24, 2.45) is 0 Å². The molecular formula is C39H73N. The molecule has 0 aliphatic carbocycles. The standard InChI is InChI=1S/C10H8.C6H6.C5H5N.9C2H6/c1-2-6-10-8-4-3-7-9(10)5-1;2*1-2-4-6-5-3-1;9*1-2/h1-8H;1-6H;1-5H;9*1-2H3. The van der Waals surface area contributed by atoms with Crippen LogP contribution in [-0.4, -0.2) is 4.98 Å². The van der Waals surface area contributed by atoms with Gasteiger partial charge in [0.2, 0.25) is 0 Å². The van der Waals surface area contributed by atoms with E-state index in [-0.39, 0.29) is 0 Å². The van der Waals surface area contributed by atoms with Crippen LogP contribution in [0.4, 0.5) is 0 Å². The second kappa shape index (κ2) is 83.4. The summed E-state index contributed by atoms with van der Waals surface area (Å²) in [5, 5.41) is 2.62. The molecule has 0 radical (unpaired) electrons. The third kappa shape index (κ3) is 55.6. The Morgan fingerprint density at radius 3 is 0.550 bits per heavy atom. The van der Waals surface area contributed by atoms with Crippen LogP contribution in [0.2, 0.25) is 0 Å². The summed E-state index contributed by atoms with van der Waals surface area (Å²) in [4.78, 5) is 3.78. The maximum atomic E-state index is 3.78. The summed E-state index contributed by atoms with van der Waals surface area (Å²) >= 11 is 0. The largest absolute Gasteiger partial charge is 0.265 e. The molecule has 0 spiro atoms. The Morgan fingerprint density at radius 1 is 0.250 bits per heavy atom. The van der Waals surface area contributed by atoms with Gasteiger partial charge in [0, 0.05) is 12.4 Å². The van der Waals surface area contributed by atoms with E-state index in [1.165, 1.54) is 10.8 Å². The quantitative estimate of drug-likeness (QED) is 0.210. The first kappa shape index (κ1) is 57.1. The molecule has 1 heteroatoms. The van der Waals surface area contributed by atoms with Crippen molar-refractivity contribution < 1.29 is 0 Å². The maximum absolute atomic E-state index is 3.78. The lowest BCUT2D eigenvalue weighted by atomic mass is 10.1. The minimum absolute atomic E-state index is 1.31. The van der Waals surface area contributed by atoms with E-state index in [2.05, 4.69) is 53.5 Å². The number of aromatic nitrogens is 1. The van der Waals surface area contributed by atoms with Gasteiger partial charge in [-0.25, -0.2) is 0 Å². The summed E-state index contributed by atoms with van der Waals surface area (Å²) in [6, 6.07) is 34.4. The van der Waals surface area contributed by atoms with Crippen molar-refractivity contribution in [3.8, 4) is 0 Å². The number of hydrogen-bond acceptors (Lipinski definition) is 1. The fourth-order valence-corrected chi connectivity index (χ4v) is 1.83. The van der Waals surface area contributed by atoms with Crippen LogP contribution < -0.4 is 0 Å². The van der Waals surface area contributed by atoms with Crippen LogP contribution in [0.5, 0.6) is 0 Å². The molecule has 0 aliphatic rings. The summed E-state index contributed by atoms with van der Waals surface area (Å²) in [5.74, 6) is 0. The van der Waals surface area contributed by atoms with Crippen LogP contribution in [0.1, 0.15) is 125 Å². The van der Waals surface area contributed by atoms with Crippen molar-refractivity contribution in [2.75, 3.05) is 0 Å². The average molecular weight is 556 g/mol. The fraction of sp³-hybridized carbons (Fsp3) is 0.462. The molecule has 4 aromatic rings. The van der Waals surface area contributed by atoms with E-state index in [9.17, 15) is 0 Å². The molecule has 0 amide bonds. The second-order valence-electron chi connectivity index (χ2n) is 4.53. The Hall–Kier alpha value is -2.93. The molecule has 0 unspecified atom stereocenters. The lowest BCUT2D eigenvalue weighted by Gasteiger charge is -1.92. The van der Waals surface area contributed by atoms with Gasteiger partial charge in [0.1, 0.15) is 0 Å². The van der Waals surface area contributed by atoms with E-state index in [1.807, 2.05) is 179 Å². The molecule has 0 saturated heterocycles. The summed E-state index contributed by atoms with van der Waals surface area (Å²) < 4.78 is 0. The van der Waals surface area contributed by atoms with Crippen molar-refractivity contribution in [2.45, 2.75) is 125 Å². The Bertz CT molecular complexity index is 587. The van der Waals surface area contributed by atoms with Crippen molar-refractivity contribution in [1.82, 2.24) is 4.98 Å². The Labute approximate surface area is 255 Å². The molecule has 0 aliphatic heterocycles.